The van der Waals surface area contributed by atoms with Crippen LogP contribution in [-0.2, 0) is 6.54 Å². The molecule has 4 heterocycles. The molecular formula is C26H38N6O2. The Balaban J connectivity index is 1.47. The Kier molecular flexibility index (Phi) is 5.86. The van der Waals surface area contributed by atoms with Crippen molar-refractivity contribution >= 4 is 28.9 Å². The van der Waals surface area contributed by atoms with Gasteiger partial charge in [-0.15, -0.1) is 0 Å². The molecule has 2 saturated heterocycles. The minimum Gasteiger partial charge on any atom is -0.475 e. The van der Waals surface area contributed by atoms with Gasteiger partial charge in [-0.05, 0) is 76.5 Å². The van der Waals surface area contributed by atoms with Crippen molar-refractivity contribution in [2.45, 2.75) is 115 Å². The van der Waals surface area contributed by atoms with Gasteiger partial charge in [0.15, 0.2) is 11.5 Å². The lowest BCUT2D eigenvalue weighted by Crippen LogP contribution is -2.41. The van der Waals surface area contributed by atoms with Crippen molar-refractivity contribution < 1.29 is 9.90 Å². The van der Waals surface area contributed by atoms with Gasteiger partial charge in [0.25, 0.3) is 0 Å². The van der Waals surface area contributed by atoms with Crippen molar-refractivity contribution in [3.8, 4) is 0 Å². The number of fused-ring (bicyclic) bond motifs is 3. The van der Waals surface area contributed by atoms with E-state index in [4.69, 9.17) is 4.98 Å². The zero-order valence-corrected chi connectivity index (χ0v) is 20.4. The SMILES string of the molecule is C[C@@H](Nc1nc(C(=O)O)nc2nc(N3C4CCCC3CC4)n(CC3CCCCC3)c12)C1CCC1. The summed E-state index contributed by atoms with van der Waals surface area (Å²) in [6, 6.07) is 1.33. The number of imidazole rings is 1. The molecule has 2 bridgehead atoms. The summed E-state index contributed by atoms with van der Waals surface area (Å²) in [5.74, 6) is 1.65. The monoisotopic (exact) mass is 466 g/mol. The Morgan fingerprint density at radius 3 is 2.29 bits per heavy atom. The maximum atomic E-state index is 11.9. The summed E-state index contributed by atoms with van der Waals surface area (Å²) >= 11 is 0. The number of hydrogen-bond acceptors (Lipinski definition) is 6. The third-order valence-electron chi connectivity index (χ3n) is 9.09. The highest BCUT2D eigenvalue weighted by molar-refractivity contribution is 5.91. The van der Waals surface area contributed by atoms with E-state index in [2.05, 4.69) is 31.7 Å². The standard InChI is InChI=1S/C26H38N6O2/c1-16(18-9-5-10-18)27-22-21-23(29-24(28-22)25(33)34)30-26(31(21)15-17-7-3-2-4-8-17)32-19-11-6-12-20(32)14-13-19/h16-20H,2-15H2,1H3,(H,33,34)(H,27,28,29)/t16-,19?,20?/m1/s1. The molecule has 2 aliphatic heterocycles. The van der Waals surface area contributed by atoms with Crippen LogP contribution in [0.15, 0.2) is 0 Å². The fourth-order valence-corrected chi connectivity index (χ4v) is 6.94. The van der Waals surface area contributed by atoms with Crippen molar-refractivity contribution in [1.29, 1.82) is 0 Å². The molecule has 4 fully saturated rings. The van der Waals surface area contributed by atoms with E-state index in [0.29, 0.717) is 35.4 Å². The van der Waals surface area contributed by atoms with Crippen LogP contribution in [0.25, 0.3) is 11.2 Å². The van der Waals surface area contributed by atoms with E-state index in [1.54, 1.807) is 0 Å². The maximum Gasteiger partial charge on any atom is 0.374 e. The highest BCUT2D eigenvalue weighted by Crippen LogP contribution is 2.41. The molecule has 2 unspecified atom stereocenters. The van der Waals surface area contributed by atoms with Crippen LogP contribution in [0, 0.1) is 11.8 Å². The van der Waals surface area contributed by atoms with Gasteiger partial charge < -0.3 is 19.9 Å². The van der Waals surface area contributed by atoms with Crippen LogP contribution in [0.2, 0.25) is 0 Å². The van der Waals surface area contributed by atoms with Gasteiger partial charge in [0.2, 0.25) is 11.8 Å². The number of anilines is 2. The molecule has 2 aromatic rings. The Hall–Kier alpha value is -2.38. The normalized spacial score (nSPS) is 26.6. The second-order valence-corrected chi connectivity index (χ2v) is 11.2. The fraction of sp³-hybridized carbons (Fsp3) is 0.769. The van der Waals surface area contributed by atoms with E-state index in [0.717, 1.165) is 18.0 Å². The minimum absolute atomic E-state index is 0.161. The van der Waals surface area contributed by atoms with Crippen molar-refractivity contribution in [2.24, 2.45) is 11.8 Å². The molecular weight excluding hydrogens is 428 g/mol. The van der Waals surface area contributed by atoms with Gasteiger partial charge in [0, 0.05) is 24.7 Å². The van der Waals surface area contributed by atoms with E-state index in [1.807, 2.05) is 0 Å². The number of rotatable bonds is 7. The van der Waals surface area contributed by atoms with Gasteiger partial charge >= 0.3 is 5.97 Å². The molecule has 2 aromatic heterocycles. The summed E-state index contributed by atoms with van der Waals surface area (Å²) in [6.07, 6.45) is 16.3. The minimum atomic E-state index is -1.09. The topological polar surface area (TPSA) is 96.2 Å². The lowest BCUT2D eigenvalue weighted by molar-refractivity contribution is 0.0684. The first-order valence-electron chi connectivity index (χ1n) is 13.6. The Morgan fingerprint density at radius 2 is 1.65 bits per heavy atom. The van der Waals surface area contributed by atoms with E-state index in [1.165, 1.54) is 83.5 Å². The number of aromatic carboxylic acids is 1. The summed E-state index contributed by atoms with van der Waals surface area (Å²) in [6.45, 7) is 3.12. The van der Waals surface area contributed by atoms with Gasteiger partial charge in [-0.25, -0.2) is 14.8 Å². The highest BCUT2D eigenvalue weighted by atomic mass is 16.4. The summed E-state index contributed by atoms with van der Waals surface area (Å²) in [5, 5.41) is 13.4. The average Bonchev–Trinajstić information content (AvgIpc) is 3.25. The van der Waals surface area contributed by atoms with Gasteiger partial charge in [-0.3, -0.25) is 0 Å². The number of nitrogens with one attached hydrogen (secondary N) is 1. The Bertz CT molecular complexity index is 1040. The van der Waals surface area contributed by atoms with Crippen molar-refractivity contribution in [3.63, 3.8) is 0 Å². The maximum absolute atomic E-state index is 11.9. The summed E-state index contributed by atoms with van der Waals surface area (Å²) in [4.78, 5) is 28.5. The second-order valence-electron chi connectivity index (χ2n) is 11.2. The van der Waals surface area contributed by atoms with Gasteiger partial charge in [0.05, 0.1) is 0 Å². The molecule has 184 valence electrons. The summed E-state index contributed by atoms with van der Waals surface area (Å²) in [7, 11) is 0. The Labute approximate surface area is 201 Å². The van der Waals surface area contributed by atoms with E-state index in [-0.39, 0.29) is 11.9 Å². The molecule has 2 saturated carbocycles. The highest BCUT2D eigenvalue weighted by Gasteiger charge is 2.40. The van der Waals surface area contributed by atoms with Crippen LogP contribution in [-0.4, -0.2) is 48.7 Å². The zero-order valence-electron chi connectivity index (χ0n) is 20.4. The van der Waals surface area contributed by atoms with Crippen molar-refractivity contribution in [1.82, 2.24) is 19.5 Å². The van der Waals surface area contributed by atoms with Gasteiger partial charge in [-0.2, -0.15) is 4.98 Å². The molecule has 0 spiro atoms. The van der Waals surface area contributed by atoms with E-state index in [9.17, 15) is 9.90 Å². The third kappa shape index (κ3) is 3.93. The number of carboxylic acids is 1. The van der Waals surface area contributed by atoms with Gasteiger partial charge in [0.1, 0.15) is 5.52 Å². The molecule has 0 aromatic carbocycles. The molecule has 8 heteroatoms. The lowest BCUT2D eigenvalue weighted by atomic mass is 9.80. The van der Waals surface area contributed by atoms with Crippen LogP contribution in [0.5, 0.6) is 0 Å². The first-order valence-corrected chi connectivity index (χ1v) is 13.6. The van der Waals surface area contributed by atoms with Crippen molar-refractivity contribution in [3.05, 3.63) is 5.82 Å². The summed E-state index contributed by atoms with van der Waals surface area (Å²) < 4.78 is 2.38. The number of aromatic nitrogens is 4. The predicted molar refractivity (Wildman–Crippen MR) is 132 cm³/mol. The number of carbonyl (C=O) groups is 1. The molecule has 0 radical (unpaired) electrons. The molecule has 0 amide bonds. The largest absolute Gasteiger partial charge is 0.475 e. The predicted octanol–water partition coefficient (Wildman–Crippen LogP) is 5.23. The molecule has 4 aliphatic rings. The van der Waals surface area contributed by atoms with Crippen LogP contribution in [0.4, 0.5) is 11.8 Å². The molecule has 6 rings (SSSR count). The molecule has 2 N–H and O–H groups in total. The van der Waals surface area contributed by atoms with Gasteiger partial charge in [-0.1, -0.05) is 25.7 Å². The lowest BCUT2D eigenvalue weighted by Gasteiger charge is -2.36. The van der Waals surface area contributed by atoms with Crippen LogP contribution >= 0.6 is 0 Å². The molecule has 34 heavy (non-hydrogen) atoms. The van der Waals surface area contributed by atoms with E-state index >= 15 is 0 Å². The number of piperidine rings is 1. The number of nitrogens with zero attached hydrogens (tertiary/aromatic N) is 5. The van der Waals surface area contributed by atoms with E-state index < -0.39 is 5.97 Å². The molecule has 8 nitrogen and oxygen atoms in total. The second kappa shape index (κ2) is 9.00. The molecule has 3 atom stereocenters. The average molecular weight is 467 g/mol. The third-order valence-corrected chi connectivity index (χ3v) is 9.09. The smallest absolute Gasteiger partial charge is 0.374 e. The zero-order chi connectivity index (χ0) is 23.2. The van der Waals surface area contributed by atoms with Crippen LogP contribution in [0.1, 0.15) is 101 Å². The quantitative estimate of drug-likeness (QED) is 0.577. The first kappa shape index (κ1) is 22.1. The molecule has 2 aliphatic carbocycles. The van der Waals surface area contributed by atoms with Crippen LogP contribution < -0.4 is 10.2 Å². The number of carboxylic acid groups (broad SMARTS) is 1. The Morgan fingerprint density at radius 1 is 0.941 bits per heavy atom. The first-order chi connectivity index (χ1) is 16.6. The number of hydrogen-bond donors (Lipinski definition) is 2. The summed E-state index contributed by atoms with van der Waals surface area (Å²) in [5.41, 5.74) is 1.44. The van der Waals surface area contributed by atoms with Crippen LogP contribution in [0.3, 0.4) is 0 Å². The van der Waals surface area contributed by atoms with Crippen molar-refractivity contribution in [2.75, 3.05) is 10.2 Å². The fourth-order valence-electron chi connectivity index (χ4n) is 6.94.